The predicted molar refractivity (Wildman–Crippen MR) is 106 cm³/mol. The van der Waals surface area contributed by atoms with Crippen LogP contribution in [0.5, 0.6) is 0 Å². The number of nitrogens with one attached hydrogen (secondary N) is 1. The number of fused-ring (bicyclic) bond motifs is 2. The Morgan fingerprint density at radius 2 is 1.63 bits per heavy atom. The summed E-state index contributed by atoms with van der Waals surface area (Å²) in [6, 6.07) is 11.3. The maximum absolute atomic E-state index is 13.2. The van der Waals surface area contributed by atoms with Crippen molar-refractivity contribution in [3.8, 4) is 0 Å². The lowest BCUT2D eigenvalue weighted by molar-refractivity contribution is 0.0938. The largest absolute Gasteiger partial charge is 0.450 e. The van der Waals surface area contributed by atoms with E-state index < -0.39 is 6.04 Å². The first-order chi connectivity index (χ1) is 12.7. The summed E-state index contributed by atoms with van der Waals surface area (Å²) in [5.74, 6) is -0.207. The van der Waals surface area contributed by atoms with Gasteiger partial charge in [0.05, 0.1) is 17.0 Å². The highest BCUT2D eigenvalue weighted by Gasteiger charge is 2.36. The van der Waals surface area contributed by atoms with Crippen molar-refractivity contribution < 1.29 is 9.21 Å². The number of benzene rings is 2. The second-order valence-electron chi connectivity index (χ2n) is 8.34. The third kappa shape index (κ3) is 2.67. The van der Waals surface area contributed by atoms with E-state index in [1.54, 1.807) is 6.07 Å². The van der Waals surface area contributed by atoms with E-state index in [1.165, 1.54) is 5.56 Å². The van der Waals surface area contributed by atoms with Crippen molar-refractivity contribution >= 4 is 16.9 Å². The van der Waals surface area contributed by atoms with E-state index in [1.807, 2.05) is 32.0 Å². The van der Waals surface area contributed by atoms with Crippen molar-refractivity contribution in [1.29, 1.82) is 0 Å². The SMILES string of the molecule is Cc1ccc2c(=O)c3c(oc2c1C)C(=O)NC3c1ccc(C(C)(C)C)cc1. The average Bonchev–Trinajstić information content (AvgIpc) is 2.95. The molecule has 27 heavy (non-hydrogen) atoms. The lowest BCUT2D eigenvalue weighted by Crippen LogP contribution is -2.22. The van der Waals surface area contributed by atoms with Gasteiger partial charge in [-0.3, -0.25) is 9.59 Å². The van der Waals surface area contributed by atoms with E-state index in [2.05, 4.69) is 38.2 Å². The zero-order valence-corrected chi connectivity index (χ0v) is 16.3. The molecule has 4 rings (SSSR count). The van der Waals surface area contributed by atoms with Crippen LogP contribution in [0.15, 0.2) is 45.6 Å². The van der Waals surface area contributed by atoms with Gasteiger partial charge in [0.15, 0.2) is 5.43 Å². The van der Waals surface area contributed by atoms with Crippen LogP contribution in [-0.4, -0.2) is 5.91 Å². The molecule has 1 atom stereocenters. The average molecular weight is 361 g/mol. The third-order valence-electron chi connectivity index (χ3n) is 5.50. The number of carbonyl (C=O) groups is 1. The first-order valence-electron chi connectivity index (χ1n) is 9.16. The van der Waals surface area contributed by atoms with Crippen LogP contribution in [-0.2, 0) is 5.41 Å². The molecule has 1 unspecified atom stereocenters. The highest BCUT2D eigenvalue weighted by Crippen LogP contribution is 2.33. The molecule has 1 N–H and O–H groups in total. The van der Waals surface area contributed by atoms with E-state index in [0.717, 1.165) is 16.7 Å². The molecule has 4 nitrogen and oxygen atoms in total. The second-order valence-corrected chi connectivity index (χ2v) is 8.34. The van der Waals surface area contributed by atoms with E-state index in [-0.39, 0.29) is 22.5 Å². The molecule has 1 aliphatic rings. The highest BCUT2D eigenvalue weighted by atomic mass is 16.3. The molecular formula is C23H23NO3. The van der Waals surface area contributed by atoms with Gasteiger partial charge in [0.2, 0.25) is 5.76 Å². The minimum Gasteiger partial charge on any atom is -0.450 e. The number of amides is 1. The van der Waals surface area contributed by atoms with Crippen molar-refractivity contribution in [2.45, 2.75) is 46.1 Å². The van der Waals surface area contributed by atoms with Crippen LogP contribution in [0.25, 0.3) is 11.0 Å². The molecule has 1 amide bonds. The quantitative estimate of drug-likeness (QED) is 0.692. The molecule has 0 saturated carbocycles. The monoisotopic (exact) mass is 361 g/mol. The summed E-state index contributed by atoms with van der Waals surface area (Å²) in [7, 11) is 0. The van der Waals surface area contributed by atoms with E-state index >= 15 is 0 Å². The summed E-state index contributed by atoms with van der Waals surface area (Å²) in [5.41, 5.74) is 4.80. The Morgan fingerprint density at radius 1 is 0.963 bits per heavy atom. The Morgan fingerprint density at radius 3 is 2.26 bits per heavy atom. The second kappa shape index (κ2) is 5.81. The van der Waals surface area contributed by atoms with Crippen LogP contribution in [0.3, 0.4) is 0 Å². The maximum Gasteiger partial charge on any atom is 0.288 e. The molecule has 138 valence electrons. The fourth-order valence-corrected chi connectivity index (χ4v) is 3.63. The summed E-state index contributed by atoms with van der Waals surface area (Å²) < 4.78 is 5.93. The number of carbonyl (C=O) groups excluding carboxylic acids is 1. The van der Waals surface area contributed by atoms with E-state index in [0.29, 0.717) is 16.5 Å². The fourth-order valence-electron chi connectivity index (χ4n) is 3.63. The molecule has 1 aromatic heterocycles. The normalized spacial score (nSPS) is 16.5. The Labute approximate surface area is 158 Å². The minimum absolute atomic E-state index is 0.0416. The molecule has 0 fully saturated rings. The molecule has 0 aliphatic carbocycles. The summed E-state index contributed by atoms with van der Waals surface area (Å²) in [6.45, 7) is 10.3. The van der Waals surface area contributed by atoms with Crippen LogP contribution in [0.4, 0.5) is 0 Å². The molecule has 2 heterocycles. The smallest absolute Gasteiger partial charge is 0.288 e. The van der Waals surface area contributed by atoms with E-state index in [9.17, 15) is 9.59 Å². The van der Waals surface area contributed by atoms with Gasteiger partial charge >= 0.3 is 0 Å². The lowest BCUT2D eigenvalue weighted by atomic mass is 9.86. The minimum atomic E-state index is -0.483. The van der Waals surface area contributed by atoms with E-state index in [4.69, 9.17) is 4.42 Å². The van der Waals surface area contributed by atoms with Gasteiger partial charge in [0, 0.05) is 0 Å². The topological polar surface area (TPSA) is 59.3 Å². The Hall–Kier alpha value is -2.88. The molecule has 4 heteroatoms. The molecule has 0 spiro atoms. The maximum atomic E-state index is 13.2. The Kier molecular flexibility index (Phi) is 3.77. The fraction of sp³-hybridized carbons (Fsp3) is 0.304. The highest BCUT2D eigenvalue weighted by molar-refractivity contribution is 5.99. The third-order valence-corrected chi connectivity index (χ3v) is 5.50. The molecule has 2 aromatic carbocycles. The number of hydrogen-bond acceptors (Lipinski definition) is 3. The zero-order chi connectivity index (χ0) is 19.5. The van der Waals surface area contributed by atoms with Crippen LogP contribution in [0.1, 0.15) is 65.2 Å². The molecule has 0 radical (unpaired) electrons. The van der Waals surface area contributed by atoms with Gasteiger partial charge in [-0.15, -0.1) is 0 Å². The van der Waals surface area contributed by atoms with Gasteiger partial charge in [-0.05, 0) is 47.6 Å². The summed E-state index contributed by atoms with van der Waals surface area (Å²) in [5, 5.41) is 3.43. The summed E-state index contributed by atoms with van der Waals surface area (Å²) >= 11 is 0. The number of hydrogen-bond donors (Lipinski definition) is 1. The van der Waals surface area contributed by atoms with Gasteiger partial charge in [-0.25, -0.2) is 0 Å². The predicted octanol–water partition coefficient (Wildman–Crippen LogP) is 4.54. The summed E-state index contributed by atoms with van der Waals surface area (Å²) in [6.07, 6.45) is 0. The molecule has 3 aromatic rings. The van der Waals surface area contributed by atoms with Crippen molar-refractivity contribution in [2.75, 3.05) is 0 Å². The number of rotatable bonds is 1. The Bertz CT molecular complexity index is 1130. The molecule has 0 saturated heterocycles. The van der Waals surface area contributed by atoms with Crippen molar-refractivity contribution in [1.82, 2.24) is 5.32 Å². The van der Waals surface area contributed by atoms with Crippen molar-refractivity contribution in [2.24, 2.45) is 0 Å². The van der Waals surface area contributed by atoms with Gasteiger partial charge in [-0.2, -0.15) is 0 Å². The zero-order valence-electron chi connectivity index (χ0n) is 16.3. The standard InChI is InChI=1S/C23H23NO3/c1-12-6-11-16-19(25)17-18(14-7-9-15(10-8-14)23(3,4)5)24-22(26)21(17)27-20(16)13(12)2/h6-11,18H,1-5H3,(H,24,26). The van der Waals surface area contributed by atoms with Crippen LogP contribution >= 0.6 is 0 Å². The van der Waals surface area contributed by atoms with Crippen molar-refractivity contribution in [3.05, 3.63) is 80.2 Å². The van der Waals surface area contributed by atoms with Crippen molar-refractivity contribution in [3.63, 3.8) is 0 Å². The van der Waals surface area contributed by atoms with Crippen LogP contribution < -0.4 is 10.7 Å². The van der Waals surface area contributed by atoms with Crippen LogP contribution in [0.2, 0.25) is 0 Å². The van der Waals surface area contributed by atoms with Gasteiger partial charge in [0.25, 0.3) is 5.91 Å². The van der Waals surface area contributed by atoms with Crippen LogP contribution in [0, 0.1) is 13.8 Å². The molecular weight excluding hydrogens is 338 g/mol. The molecule has 0 bridgehead atoms. The lowest BCUT2D eigenvalue weighted by Gasteiger charge is -2.20. The number of aryl methyl sites for hydroxylation is 2. The molecule has 1 aliphatic heterocycles. The first kappa shape index (κ1) is 17.5. The van der Waals surface area contributed by atoms with Gasteiger partial charge < -0.3 is 9.73 Å². The van der Waals surface area contributed by atoms with Gasteiger partial charge in [0.1, 0.15) is 5.58 Å². The first-order valence-corrected chi connectivity index (χ1v) is 9.16. The van der Waals surface area contributed by atoms with Gasteiger partial charge in [-0.1, -0.05) is 51.1 Å². The Balaban J connectivity index is 1.90. The summed E-state index contributed by atoms with van der Waals surface area (Å²) in [4.78, 5) is 25.7.